The van der Waals surface area contributed by atoms with Crippen molar-refractivity contribution in [3.63, 3.8) is 0 Å². The molecule has 5 nitrogen and oxygen atoms in total. The Morgan fingerprint density at radius 3 is 2.25 bits per heavy atom. The van der Waals surface area contributed by atoms with E-state index in [-0.39, 0.29) is 16.7 Å². The van der Waals surface area contributed by atoms with E-state index in [1.54, 1.807) is 20.8 Å². The number of halogens is 1. The minimum absolute atomic E-state index is 0.0465. The Labute approximate surface area is 117 Å². The third-order valence-corrected chi connectivity index (χ3v) is 3.37. The maximum Gasteiger partial charge on any atom is 0.338 e. The molecule has 0 aliphatic rings. The van der Waals surface area contributed by atoms with Gasteiger partial charge in [-0.2, -0.15) is 8.42 Å². The summed E-state index contributed by atoms with van der Waals surface area (Å²) in [6, 6.07) is 2.04. The average molecular weight is 302 g/mol. The predicted octanol–water partition coefficient (Wildman–Crippen LogP) is 2.42. The van der Waals surface area contributed by atoms with Crippen molar-refractivity contribution in [3.8, 4) is 0 Å². The lowest BCUT2D eigenvalue weighted by Crippen LogP contribution is -2.24. The fourth-order valence-electron chi connectivity index (χ4n) is 1.54. The van der Waals surface area contributed by atoms with Gasteiger partial charge in [0.1, 0.15) is 16.8 Å². The number of esters is 1. The van der Waals surface area contributed by atoms with Crippen LogP contribution in [0.5, 0.6) is 0 Å². The lowest BCUT2D eigenvalue weighted by Gasteiger charge is -2.20. The number of ether oxygens (including phenoxy) is 1. The Kier molecular flexibility index (Phi) is 4.33. The summed E-state index contributed by atoms with van der Waals surface area (Å²) in [6.07, 6.45) is 0.359. The van der Waals surface area contributed by atoms with Crippen LogP contribution in [0.25, 0.3) is 0 Å². The minimum Gasteiger partial charge on any atom is -0.456 e. The summed E-state index contributed by atoms with van der Waals surface area (Å²) < 4.78 is 40.3. The first kappa shape index (κ1) is 16.3. The summed E-state index contributed by atoms with van der Waals surface area (Å²) in [5.74, 6) is -0.828. The molecule has 0 aliphatic heterocycles. The van der Waals surface area contributed by atoms with E-state index < -0.39 is 26.7 Å². The molecule has 0 fully saturated rings. The second kappa shape index (κ2) is 5.32. The van der Waals surface area contributed by atoms with E-state index in [0.29, 0.717) is 6.29 Å². The molecule has 0 aliphatic carbocycles. The van der Waals surface area contributed by atoms with Gasteiger partial charge in [0.05, 0.1) is 5.56 Å². The largest absolute Gasteiger partial charge is 0.456 e. The first-order valence-electron chi connectivity index (χ1n) is 5.73. The molecule has 0 heterocycles. The summed E-state index contributed by atoms with van der Waals surface area (Å²) in [5.41, 5.74) is -1.11. The van der Waals surface area contributed by atoms with E-state index in [1.807, 2.05) is 0 Å². The summed E-state index contributed by atoms with van der Waals surface area (Å²) in [6.45, 7) is 6.18. The van der Waals surface area contributed by atoms with Gasteiger partial charge in [0.25, 0.3) is 0 Å². The van der Waals surface area contributed by atoms with Crippen molar-refractivity contribution in [1.82, 2.24) is 0 Å². The molecule has 20 heavy (non-hydrogen) atoms. The number of carbonyl (C=O) groups is 2. The Hall–Kier alpha value is -1.76. The molecule has 0 amide bonds. The zero-order valence-corrected chi connectivity index (χ0v) is 12.4. The maximum absolute atomic E-state index is 13.2. The lowest BCUT2D eigenvalue weighted by atomic mass is 10.1. The van der Waals surface area contributed by atoms with E-state index in [0.717, 1.165) is 6.07 Å². The third-order valence-electron chi connectivity index (χ3n) is 2.42. The van der Waals surface area contributed by atoms with Crippen molar-refractivity contribution in [1.29, 1.82) is 0 Å². The van der Waals surface area contributed by atoms with Gasteiger partial charge in [0.2, 0.25) is 0 Å². The van der Waals surface area contributed by atoms with Gasteiger partial charge < -0.3 is 4.74 Å². The molecular weight excluding hydrogens is 287 g/mol. The molecule has 0 saturated carbocycles. The van der Waals surface area contributed by atoms with Crippen LogP contribution in [0.3, 0.4) is 0 Å². The van der Waals surface area contributed by atoms with E-state index in [2.05, 4.69) is 0 Å². The van der Waals surface area contributed by atoms with E-state index >= 15 is 0 Å². The topological polar surface area (TPSA) is 77.5 Å². The zero-order valence-electron chi connectivity index (χ0n) is 11.6. The van der Waals surface area contributed by atoms with Crippen LogP contribution in [0.1, 0.15) is 47.1 Å². The molecule has 0 saturated heterocycles. The van der Waals surface area contributed by atoms with Crippen molar-refractivity contribution in [2.24, 2.45) is 0 Å². The van der Waals surface area contributed by atoms with Gasteiger partial charge in [-0.05, 0) is 45.4 Å². The molecule has 1 rings (SSSR count). The Balaban J connectivity index is 3.44. The fourth-order valence-corrected chi connectivity index (χ4v) is 2.29. The smallest absolute Gasteiger partial charge is 0.338 e. The van der Waals surface area contributed by atoms with Gasteiger partial charge in [-0.15, -0.1) is 3.89 Å². The Morgan fingerprint density at radius 2 is 1.85 bits per heavy atom. The van der Waals surface area contributed by atoms with Crippen molar-refractivity contribution in [2.45, 2.75) is 38.2 Å². The van der Waals surface area contributed by atoms with Crippen molar-refractivity contribution in [3.05, 3.63) is 28.8 Å². The summed E-state index contributed by atoms with van der Waals surface area (Å²) in [5, 5.41) is 0. The van der Waals surface area contributed by atoms with E-state index in [1.165, 1.54) is 13.0 Å². The van der Waals surface area contributed by atoms with E-state index in [9.17, 15) is 21.9 Å². The highest BCUT2D eigenvalue weighted by atomic mass is 32.3. The highest BCUT2D eigenvalue weighted by molar-refractivity contribution is 7.86. The minimum atomic E-state index is -5.03. The van der Waals surface area contributed by atoms with Crippen LogP contribution in [-0.4, -0.2) is 26.3 Å². The van der Waals surface area contributed by atoms with Crippen LogP contribution in [0.2, 0.25) is 0 Å². The number of rotatable bonds is 3. The fraction of sp³-hybridized carbons (Fsp3) is 0.385. The highest BCUT2D eigenvalue weighted by Crippen LogP contribution is 2.24. The SMILES string of the molecule is Cc1c(C=O)cc(C(=O)OC(C)(C)C)cc1S(=O)(=O)F. The van der Waals surface area contributed by atoms with Crippen LogP contribution >= 0.6 is 0 Å². The Morgan fingerprint density at radius 1 is 1.30 bits per heavy atom. The van der Waals surface area contributed by atoms with Crippen LogP contribution in [0, 0.1) is 6.92 Å². The lowest BCUT2D eigenvalue weighted by molar-refractivity contribution is 0.00692. The number of hydrogen-bond donors (Lipinski definition) is 0. The van der Waals surface area contributed by atoms with Crippen LogP contribution in [0.15, 0.2) is 17.0 Å². The standard InChI is InChI=1S/C13H15FO5S/c1-8-10(7-15)5-9(6-11(8)20(14,17)18)12(16)19-13(2,3)4/h5-7H,1-4H3. The molecule has 1 aromatic carbocycles. The molecule has 0 atom stereocenters. The van der Waals surface area contributed by atoms with Crippen molar-refractivity contribution < 1.29 is 26.6 Å². The second-order valence-electron chi connectivity index (χ2n) is 5.25. The van der Waals surface area contributed by atoms with Gasteiger partial charge in [0, 0.05) is 5.56 Å². The van der Waals surface area contributed by atoms with Crippen molar-refractivity contribution in [2.75, 3.05) is 0 Å². The molecular formula is C13H15FO5S. The average Bonchev–Trinajstić information content (AvgIpc) is 2.25. The molecule has 0 spiro atoms. The number of aldehydes is 1. The molecule has 0 unspecified atom stereocenters. The zero-order chi connectivity index (χ0) is 15.7. The van der Waals surface area contributed by atoms with Crippen LogP contribution in [0.4, 0.5) is 3.89 Å². The third kappa shape index (κ3) is 3.86. The van der Waals surface area contributed by atoms with Gasteiger partial charge in [-0.25, -0.2) is 4.79 Å². The monoisotopic (exact) mass is 302 g/mol. The number of carbonyl (C=O) groups excluding carboxylic acids is 2. The molecule has 7 heteroatoms. The quantitative estimate of drug-likeness (QED) is 0.487. The summed E-state index contributed by atoms with van der Waals surface area (Å²) in [4.78, 5) is 22.1. The molecule has 0 bridgehead atoms. The highest BCUT2D eigenvalue weighted by Gasteiger charge is 2.24. The number of benzene rings is 1. The Bertz CT molecular complexity index is 656. The molecule has 0 radical (unpaired) electrons. The first-order chi connectivity index (χ1) is 8.95. The summed E-state index contributed by atoms with van der Waals surface area (Å²) in [7, 11) is -5.03. The normalized spacial score (nSPS) is 12.1. The summed E-state index contributed by atoms with van der Waals surface area (Å²) >= 11 is 0. The van der Waals surface area contributed by atoms with Gasteiger partial charge in [-0.1, -0.05) is 0 Å². The second-order valence-corrected chi connectivity index (χ2v) is 6.56. The predicted molar refractivity (Wildman–Crippen MR) is 70.0 cm³/mol. The van der Waals surface area contributed by atoms with Gasteiger partial charge >= 0.3 is 16.2 Å². The molecule has 1 aromatic rings. The van der Waals surface area contributed by atoms with Gasteiger partial charge in [-0.3, -0.25) is 4.79 Å². The maximum atomic E-state index is 13.2. The van der Waals surface area contributed by atoms with Crippen LogP contribution < -0.4 is 0 Å². The molecule has 0 N–H and O–H groups in total. The van der Waals surface area contributed by atoms with Crippen LogP contribution in [-0.2, 0) is 15.0 Å². The first-order valence-corrected chi connectivity index (χ1v) is 7.12. The van der Waals surface area contributed by atoms with Gasteiger partial charge in [0.15, 0.2) is 0 Å². The molecule has 110 valence electrons. The molecule has 0 aromatic heterocycles. The number of hydrogen-bond acceptors (Lipinski definition) is 5. The van der Waals surface area contributed by atoms with E-state index in [4.69, 9.17) is 4.74 Å². The van der Waals surface area contributed by atoms with Crippen molar-refractivity contribution >= 4 is 22.5 Å².